The summed E-state index contributed by atoms with van der Waals surface area (Å²) in [4.78, 5) is 9.81. The Kier molecular flexibility index (Phi) is 3.24. The van der Waals surface area contributed by atoms with Gasteiger partial charge < -0.3 is 0 Å². The van der Waals surface area contributed by atoms with Crippen LogP contribution < -0.4 is 0 Å². The van der Waals surface area contributed by atoms with Crippen LogP contribution in [0.2, 0.25) is 13.1 Å². The zero-order valence-electron chi connectivity index (χ0n) is 3.70. The monoisotopic (exact) mass is 104 g/mol. The Bertz CT molecular complexity index is 54.8. The van der Waals surface area contributed by atoms with Crippen molar-refractivity contribution >= 4 is 24.1 Å². The van der Waals surface area contributed by atoms with Crippen LogP contribution in [-0.2, 0) is 4.79 Å². The zero-order chi connectivity index (χ0) is 4.99. The molecule has 3 heteroatoms. The third kappa shape index (κ3) is 4.02. The Hall–Kier alpha value is 0.0249. The number of halogens is 1. The van der Waals surface area contributed by atoms with Crippen LogP contribution in [0.25, 0.3) is 0 Å². The van der Waals surface area contributed by atoms with Crippen molar-refractivity contribution in [1.82, 2.24) is 0 Å². The lowest BCUT2D eigenvalue weighted by Gasteiger charge is -1.75. The molecule has 0 aromatic carbocycles. The van der Waals surface area contributed by atoms with Gasteiger partial charge in [0.2, 0.25) is 5.24 Å². The molecule has 0 atom stereocenters. The van der Waals surface area contributed by atoms with E-state index in [1.807, 2.05) is 6.82 Å². The highest BCUT2D eigenvalue weighted by Gasteiger charge is 1.89. The minimum absolute atomic E-state index is 0.238. The molecule has 6 heavy (non-hydrogen) atoms. The predicted octanol–water partition coefficient (Wildman–Crippen LogP) is 0.655. The minimum atomic E-state index is -0.238. The molecule has 0 N–H and O–H groups in total. The number of hydrogen-bond acceptors (Lipinski definition) is 1. The van der Waals surface area contributed by atoms with E-state index in [-0.39, 0.29) is 5.24 Å². The summed E-state index contributed by atoms with van der Waals surface area (Å²) in [5.74, 6) is 0. The van der Waals surface area contributed by atoms with Gasteiger partial charge in [-0.25, -0.2) is 0 Å². The molecule has 0 rings (SSSR count). The van der Waals surface area contributed by atoms with Gasteiger partial charge in [0, 0.05) is 0 Å². The summed E-state index contributed by atoms with van der Waals surface area (Å²) < 4.78 is 0. The van der Waals surface area contributed by atoms with Gasteiger partial charge in [-0.05, 0) is 17.9 Å². The van der Waals surface area contributed by atoms with Gasteiger partial charge in [-0.3, -0.25) is 4.79 Å². The fraction of sp³-hybridized carbons (Fsp3) is 0.667. The highest BCUT2D eigenvalue weighted by Crippen LogP contribution is 1.84. The van der Waals surface area contributed by atoms with Crippen molar-refractivity contribution in [3.05, 3.63) is 0 Å². The highest BCUT2D eigenvalue weighted by molar-refractivity contribution is 6.68. The second kappa shape index (κ2) is 3.22. The van der Waals surface area contributed by atoms with Crippen LogP contribution in [0.5, 0.6) is 0 Å². The second-order valence-electron chi connectivity index (χ2n) is 1.11. The van der Waals surface area contributed by atoms with E-state index in [1.165, 1.54) is 0 Å². The third-order valence-electron chi connectivity index (χ3n) is 0.447. The van der Waals surface area contributed by atoms with Crippen LogP contribution in [-0.4, -0.2) is 12.5 Å². The Morgan fingerprint density at radius 2 is 2.50 bits per heavy atom. The summed E-state index contributed by atoms with van der Waals surface area (Å²) in [6.07, 6.45) is 0.502. The smallest absolute Gasteiger partial charge is 0.214 e. The molecule has 0 aliphatic rings. The highest BCUT2D eigenvalue weighted by atomic mass is 35.5. The van der Waals surface area contributed by atoms with E-state index in [2.05, 4.69) is 0 Å². The van der Waals surface area contributed by atoms with E-state index in [0.717, 1.165) is 7.28 Å². The van der Waals surface area contributed by atoms with Crippen molar-refractivity contribution in [3.8, 4) is 0 Å². The first kappa shape index (κ1) is 6.02. The molecule has 0 amide bonds. The van der Waals surface area contributed by atoms with Crippen molar-refractivity contribution in [2.24, 2.45) is 0 Å². The molecular weight excluding hydrogens is 98.3 g/mol. The maximum Gasteiger partial charge on any atom is 0.214 e. The number of hydrogen-bond donors (Lipinski definition) is 0. The van der Waals surface area contributed by atoms with Gasteiger partial charge in [0.05, 0.1) is 0 Å². The Morgan fingerprint density at radius 1 is 2.00 bits per heavy atom. The van der Waals surface area contributed by atoms with Gasteiger partial charge >= 0.3 is 0 Å². The van der Waals surface area contributed by atoms with E-state index in [1.54, 1.807) is 0 Å². The van der Waals surface area contributed by atoms with Gasteiger partial charge in [0.15, 0.2) is 0 Å². The van der Waals surface area contributed by atoms with Crippen molar-refractivity contribution in [2.45, 2.75) is 13.1 Å². The quantitative estimate of drug-likeness (QED) is 0.371. The van der Waals surface area contributed by atoms with E-state index >= 15 is 0 Å². The molecule has 0 fully saturated rings. The normalized spacial score (nSPS) is 7.67. The summed E-state index contributed by atoms with van der Waals surface area (Å²) >= 11 is 4.94. The van der Waals surface area contributed by atoms with E-state index in [4.69, 9.17) is 11.6 Å². The number of carbonyl (C=O) groups excluding carboxylic acids is 1. The average Bonchev–Trinajstić information content (AvgIpc) is 1.35. The number of carbonyl (C=O) groups is 1. The molecule has 0 heterocycles. The van der Waals surface area contributed by atoms with Gasteiger partial charge in [0.1, 0.15) is 7.28 Å². The maximum absolute atomic E-state index is 9.81. The summed E-state index contributed by atoms with van der Waals surface area (Å²) in [5.41, 5.74) is 0. The molecule has 0 spiro atoms. The predicted molar refractivity (Wildman–Crippen MR) is 28.7 cm³/mol. The SMILES string of the molecule is CBCC(=O)Cl. The minimum Gasteiger partial charge on any atom is -0.282 e. The largest absolute Gasteiger partial charge is 0.282 e. The van der Waals surface area contributed by atoms with Crippen molar-refractivity contribution in [1.29, 1.82) is 0 Å². The third-order valence-corrected chi connectivity index (χ3v) is 0.636. The standard InChI is InChI=1S/C3H6BClO/c1-4-2-3(5)6/h4H,2H2,1H3. The van der Waals surface area contributed by atoms with E-state index in [9.17, 15) is 4.79 Å². The van der Waals surface area contributed by atoms with Crippen LogP contribution in [0.15, 0.2) is 0 Å². The molecule has 0 aromatic rings. The second-order valence-corrected chi connectivity index (χ2v) is 1.53. The number of rotatable bonds is 2. The zero-order valence-corrected chi connectivity index (χ0v) is 4.46. The molecule has 0 unspecified atom stereocenters. The summed E-state index contributed by atoms with van der Waals surface area (Å²) in [5, 5.41) is -0.238. The first-order chi connectivity index (χ1) is 2.77. The molecule has 0 saturated carbocycles. The maximum atomic E-state index is 9.81. The molecule has 0 saturated heterocycles. The fourth-order valence-corrected chi connectivity index (χ4v) is 0.386. The molecule has 0 radical (unpaired) electrons. The molecule has 0 aliphatic carbocycles. The molecule has 0 aliphatic heterocycles. The van der Waals surface area contributed by atoms with Gasteiger partial charge in [-0.2, -0.15) is 0 Å². The summed E-state index contributed by atoms with van der Waals surface area (Å²) in [6, 6.07) is 0. The van der Waals surface area contributed by atoms with Gasteiger partial charge in [-0.1, -0.05) is 6.82 Å². The van der Waals surface area contributed by atoms with Crippen LogP contribution >= 0.6 is 11.6 Å². The van der Waals surface area contributed by atoms with Gasteiger partial charge in [-0.15, -0.1) is 0 Å². The lowest BCUT2D eigenvalue weighted by atomic mass is 9.79. The molecule has 0 bridgehead atoms. The van der Waals surface area contributed by atoms with Crippen LogP contribution in [0.1, 0.15) is 0 Å². The van der Waals surface area contributed by atoms with Crippen molar-refractivity contribution in [2.75, 3.05) is 0 Å². The molecule has 34 valence electrons. The van der Waals surface area contributed by atoms with Gasteiger partial charge in [0.25, 0.3) is 0 Å². The first-order valence-corrected chi connectivity index (χ1v) is 2.33. The Morgan fingerprint density at radius 3 is 2.50 bits per heavy atom. The average molecular weight is 104 g/mol. The lowest BCUT2D eigenvalue weighted by Crippen LogP contribution is -1.87. The van der Waals surface area contributed by atoms with Crippen molar-refractivity contribution < 1.29 is 4.79 Å². The van der Waals surface area contributed by atoms with E-state index < -0.39 is 0 Å². The van der Waals surface area contributed by atoms with E-state index in [0.29, 0.717) is 6.32 Å². The Balaban J connectivity index is 2.83. The van der Waals surface area contributed by atoms with Crippen LogP contribution in [0.4, 0.5) is 0 Å². The molecular formula is C3H6BClO. The van der Waals surface area contributed by atoms with Crippen molar-refractivity contribution in [3.63, 3.8) is 0 Å². The topological polar surface area (TPSA) is 17.1 Å². The lowest BCUT2D eigenvalue weighted by molar-refractivity contribution is -0.109. The first-order valence-electron chi connectivity index (χ1n) is 1.95. The molecule has 0 aromatic heterocycles. The van der Waals surface area contributed by atoms with Crippen LogP contribution in [0.3, 0.4) is 0 Å². The van der Waals surface area contributed by atoms with Crippen LogP contribution in [0, 0.1) is 0 Å². The Labute approximate surface area is 42.9 Å². The molecule has 1 nitrogen and oxygen atoms in total. The fourth-order valence-electron chi connectivity index (χ4n) is 0.197. The summed E-state index contributed by atoms with van der Waals surface area (Å²) in [6.45, 7) is 1.92. The summed E-state index contributed by atoms with van der Waals surface area (Å²) in [7, 11) is 0.850.